The Bertz CT molecular complexity index is 450. The summed E-state index contributed by atoms with van der Waals surface area (Å²) in [6.45, 7) is 6.11. The van der Waals surface area contributed by atoms with Crippen molar-refractivity contribution in [1.29, 1.82) is 0 Å². The first-order valence-electron chi connectivity index (χ1n) is 6.65. The molecule has 100 valence electrons. The maximum absolute atomic E-state index is 11.9. The molecule has 1 aliphatic rings. The maximum atomic E-state index is 11.9. The molecule has 5 heteroatoms. The fraction of sp³-hybridized carbons (Fsp3) is 0.692. The third-order valence-electron chi connectivity index (χ3n) is 3.51. The lowest BCUT2D eigenvalue weighted by Crippen LogP contribution is -2.31. The summed E-state index contributed by atoms with van der Waals surface area (Å²) in [5.41, 5.74) is 0.710. The van der Waals surface area contributed by atoms with Gasteiger partial charge in [0.05, 0.1) is 24.5 Å². The zero-order valence-electron chi connectivity index (χ0n) is 11.0. The molecule has 1 N–H and O–H groups in total. The highest BCUT2D eigenvalue weighted by Crippen LogP contribution is 2.32. The van der Waals surface area contributed by atoms with E-state index >= 15 is 0 Å². The van der Waals surface area contributed by atoms with Gasteiger partial charge in [-0.25, -0.2) is 4.68 Å². The summed E-state index contributed by atoms with van der Waals surface area (Å²) in [6, 6.07) is 1.60. The van der Waals surface area contributed by atoms with Crippen molar-refractivity contribution in [3.63, 3.8) is 0 Å². The molecule has 0 aliphatic heterocycles. The molecule has 1 aromatic rings. The van der Waals surface area contributed by atoms with E-state index in [2.05, 4.69) is 10.00 Å². The van der Waals surface area contributed by atoms with Gasteiger partial charge in [0.15, 0.2) is 0 Å². The molecule has 0 spiro atoms. The Labute approximate surface area is 107 Å². The van der Waals surface area contributed by atoms with Crippen molar-refractivity contribution in [3.8, 4) is 0 Å². The molecule has 1 atom stereocenters. The molecule has 0 saturated heterocycles. The van der Waals surface area contributed by atoms with Gasteiger partial charge in [0.2, 0.25) is 0 Å². The van der Waals surface area contributed by atoms with Gasteiger partial charge in [0, 0.05) is 19.2 Å². The number of hydrogen-bond acceptors (Lipinski definition) is 4. The van der Waals surface area contributed by atoms with E-state index in [1.54, 1.807) is 12.3 Å². The molecule has 1 saturated carbocycles. The largest absolute Gasteiger partial charge is 0.391 e. The van der Waals surface area contributed by atoms with Crippen molar-refractivity contribution in [2.45, 2.75) is 39.3 Å². The van der Waals surface area contributed by atoms with Gasteiger partial charge in [-0.15, -0.1) is 0 Å². The van der Waals surface area contributed by atoms with Gasteiger partial charge in [-0.2, -0.15) is 5.10 Å². The van der Waals surface area contributed by atoms with Crippen molar-refractivity contribution in [3.05, 3.63) is 22.6 Å². The van der Waals surface area contributed by atoms with Crippen LogP contribution in [0.25, 0.3) is 0 Å². The first kappa shape index (κ1) is 13.1. The molecule has 5 nitrogen and oxygen atoms in total. The molecule has 0 amide bonds. The van der Waals surface area contributed by atoms with Crippen LogP contribution in [-0.4, -0.2) is 34.1 Å². The van der Waals surface area contributed by atoms with Crippen LogP contribution >= 0.6 is 0 Å². The van der Waals surface area contributed by atoms with Gasteiger partial charge in [0.1, 0.15) is 0 Å². The Morgan fingerprint density at radius 1 is 1.50 bits per heavy atom. The van der Waals surface area contributed by atoms with Crippen LogP contribution in [0, 0.1) is 5.92 Å². The second-order valence-electron chi connectivity index (χ2n) is 4.81. The molecule has 2 rings (SSSR count). The van der Waals surface area contributed by atoms with Gasteiger partial charge in [-0.3, -0.25) is 4.79 Å². The molecular weight excluding hydrogens is 230 g/mol. The molecule has 1 aliphatic carbocycles. The number of aliphatic hydroxyl groups excluding tert-OH is 1. The van der Waals surface area contributed by atoms with Gasteiger partial charge >= 0.3 is 0 Å². The highest BCUT2D eigenvalue weighted by Gasteiger charge is 2.30. The van der Waals surface area contributed by atoms with Crippen molar-refractivity contribution < 1.29 is 5.11 Å². The average molecular weight is 251 g/mol. The molecule has 0 aromatic carbocycles. The second-order valence-corrected chi connectivity index (χ2v) is 4.81. The van der Waals surface area contributed by atoms with Crippen LogP contribution < -0.4 is 10.5 Å². The molecular formula is C13H21N3O2. The zero-order valence-corrected chi connectivity index (χ0v) is 11.0. The van der Waals surface area contributed by atoms with Crippen molar-refractivity contribution >= 4 is 5.69 Å². The first-order valence-corrected chi connectivity index (χ1v) is 6.65. The molecule has 0 bridgehead atoms. The Kier molecular flexibility index (Phi) is 4.01. The summed E-state index contributed by atoms with van der Waals surface area (Å²) in [4.78, 5) is 14.0. The van der Waals surface area contributed by atoms with Gasteiger partial charge in [-0.05, 0) is 32.6 Å². The summed E-state index contributed by atoms with van der Waals surface area (Å²) in [7, 11) is 0. The van der Waals surface area contributed by atoms with E-state index in [1.807, 2.05) is 13.8 Å². The van der Waals surface area contributed by atoms with Crippen LogP contribution in [0.5, 0.6) is 0 Å². The number of nitrogens with zero attached hydrogens (tertiary/aromatic N) is 3. The fourth-order valence-electron chi connectivity index (χ4n) is 2.13. The highest BCUT2D eigenvalue weighted by atomic mass is 16.3. The van der Waals surface area contributed by atoms with E-state index in [1.165, 1.54) is 4.68 Å². The zero-order chi connectivity index (χ0) is 13.1. The topological polar surface area (TPSA) is 58.4 Å². The lowest BCUT2D eigenvalue weighted by atomic mass is 10.2. The quantitative estimate of drug-likeness (QED) is 0.814. The van der Waals surface area contributed by atoms with Crippen LogP contribution in [0.2, 0.25) is 0 Å². The molecule has 1 fully saturated rings. The monoisotopic (exact) mass is 251 g/mol. The minimum absolute atomic E-state index is 0.140. The van der Waals surface area contributed by atoms with E-state index in [0.29, 0.717) is 12.5 Å². The highest BCUT2D eigenvalue weighted by molar-refractivity contribution is 5.42. The standard InChI is InChI=1S/C13H21N3O2/c1-3-15(4-2)11-7-13(18)16(14-8-11)9-12(17)10-5-6-10/h7-8,10,12,17H,3-6,9H2,1-2H3. The predicted octanol–water partition coefficient (Wildman–Crippen LogP) is 0.860. The number of anilines is 1. The van der Waals surface area contributed by atoms with E-state index in [4.69, 9.17) is 0 Å². The minimum atomic E-state index is -0.436. The normalized spacial score (nSPS) is 16.6. The van der Waals surface area contributed by atoms with Crippen molar-refractivity contribution in [1.82, 2.24) is 9.78 Å². The number of hydrogen-bond donors (Lipinski definition) is 1. The summed E-state index contributed by atoms with van der Waals surface area (Å²) in [5, 5.41) is 14.0. The Morgan fingerprint density at radius 3 is 2.67 bits per heavy atom. The minimum Gasteiger partial charge on any atom is -0.391 e. The number of aromatic nitrogens is 2. The van der Waals surface area contributed by atoms with Crippen LogP contribution in [0.15, 0.2) is 17.1 Å². The molecule has 1 aromatic heterocycles. The second kappa shape index (κ2) is 5.52. The van der Waals surface area contributed by atoms with E-state index in [0.717, 1.165) is 31.6 Å². The smallest absolute Gasteiger partial charge is 0.268 e. The van der Waals surface area contributed by atoms with Crippen LogP contribution in [0.3, 0.4) is 0 Å². The van der Waals surface area contributed by atoms with Crippen LogP contribution in [0.4, 0.5) is 5.69 Å². The van der Waals surface area contributed by atoms with Gasteiger partial charge < -0.3 is 10.0 Å². The summed E-state index contributed by atoms with van der Waals surface area (Å²) >= 11 is 0. The maximum Gasteiger partial charge on any atom is 0.268 e. The molecule has 18 heavy (non-hydrogen) atoms. The van der Waals surface area contributed by atoms with Gasteiger partial charge in [-0.1, -0.05) is 0 Å². The van der Waals surface area contributed by atoms with Gasteiger partial charge in [0.25, 0.3) is 5.56 Å². The lowest BCUT2D eigenvalue weighted by Gasteiger charge is -2.20. The van der Waals surface area contributed by atoms with Crippen molar-refractivity contribution in [2.24, 2.45) is 5.92 Å². The fourth-order valence-corrected chi connectivity index (χ4v) is 2.13. The summed E-state index contributed by atoms with van der Waals surface area (Å²) in [5.74, 6) is 0.362. The van der Waals surface area contributed by atoms with Crippen LogP contribution in [-0.2, 0) is 6.54 Å². The lowest BCUT2D eigenvalue weighted by molar-refractivity contribution is 0.125. The van der Waals surface area contributed by atoms with Crippen LogP contribution in [0.1, 0.15) is 26.7 Å². The average Bonchev–Trinajstić information content (AvgIpc) is 3.18. The number of aliphatic hydroxyl groups is 1. The summed E-state index contributed by atoms with van der Waals surface area (Å²) < 4.78 is 1.36. The Morgan fingerprint density at radius 2 is 2.17 bits per heavy atom. The molecule has 1 unspecified atom stereocenters. The first-order chi connectivity index (χ1) is 8.65. The molecule has 0 radical (unpaired) electrons. The summed E-state index contributed by atoms with van der Waals surface area (Å²) in [6.07, 6.45) is 3.39. The van der Waals surface area contributed by atoms with E-state index < -0.39 is 6.10 Å². The van der Waals surface area contributed by atoms with E-state index in [9.17, 15) is 9.90 Å². The Balaban J connectivity index is 2.11. The molecule has 1 heterocycles. The predicted molar refractivity (Wildman–Crippen MR) is 70.8 cm³/mol. The third kappa shape index (κ3) is 2.90. The van der Waals surface area contributed by atoms with E-state index in [-0.39, 0.29) is 5.56 Å². The Hall–Kier alpha value is -1.36. The third-order valence-corrected chi connectivity index (χ3v) is 3.51. The number of rotatable bonds is 6. The SMILES string of the molecule is CCN(CC)c1cnn(CC(O)C2CC2)c(=O)c1. The van der Waals surface area contributed by atoms with Crippen molar-refractivity contribution in [2.75, 3.05) is 18.0 Å².